The first-order chi connectivity index (χ1) is 6.37. The monoisotopic (exact) mass is 203 g/mol. The van der Waals surface area contributed by atoms with Crippen molar-refractivity contribution < 1.29 is 14.6 Å². The summed E-state index contributed by atoms with van der Waals surface area (Å²) in [5, 5.41) is 11.9. The Morgan fingerprint density at radius 2 is 2.07 bits per heavy atom. The lowest BCUT2D eigenvalue weighted by molar-refractivity contribution is -0.150. The summed E-state index contributed by atoms with van der Waals surface area (Å²) in [5.41, 5.74) is 0.0499. The summed E-state index contributed by atoms with van der Waals surface area (Å²) < 4.78 is 5.19. The highest BCUT2D eigenvalue weighted by Gasteiger charge is 2.15. The van der Waals surface area contributed by atoms with Crippen LogP contribution >= 0.6 is 0 Å². The summed E-state index contributed by atoms with van der Waals surface area (Å²) in [6.45, 7) is 9.08. The minimum Gasteiger partial charge on any atom is -0.479 e. The van der Waals surface area contributed by atoms with Gasteiger partial charge in [0.05, 0.1) is 6.61 Å². The van der Waals surface area contributed by atoms with Crippen LogP contribution < -0.4 is 5.32 Å². The van der Waals surface area contributed by atoms with Crippen LogP contribution in [0.15, 0.2) is 0 Å². The highest BCUT2D eigenvalue weighted by Crippen LogP contribution is 1.99. The molecule has 0 fully saturated rings. The fourth-order valence-corrected chi connectivity index (χ4v) is 0.991. The van der Waals surface area contributed by atoms with E-state index in [0.717, 1.165) is 0 Å². The number of hydrogen-bond donors (Lipinski definition) is 2. The molecule has 4 nitrogen and oxygen atoms in total. The molecule has 0 aromatic rings. The SMILES string of the molecule is CCC(OCCNC(C)(C)C)C(=O)O. The van der Waals surface area contributed by atoms with Crippen molar-refractivity contribution in [1.29, 1.82) is 0 Å². The van der Waals surface area contributed by atoms with E-state index in [4.69, 9.17) is 9.84 Å². The van der Waals surface area contributed by atoms with Crippen molar-refractivity contribution in [1.82, 2.24) is 5.32 Å². The molecule has 0 aromatic heterocycles. The molecule has 2 N–H and O–H groups in total. The van der Waals surface area contributed by atoms with Crippen LogP contribution in [-0.2, 0) is 9.53 Å². The second-order valence-corrected chi connectivity index (χ2v) is 4.28. The van der Waals surface area contributed by atoms with Crippen molar-refractivity contribution >= 4 is 5.97 Å². The van der Waals surface area contributed by atoms with E-state index in [-0.39, 0.29) is 5.54 Å². The van der Waals surface area contributed by atoms with Crippen LogP contribution in [0.2, 0.25) is 0 Å². The van der Waals surface area contributed by atoms with Gasteiger partial charge in [0.2, 0.25) is 0 Å². The molecule has 0 amide bonds. The minimum atomic E-state index is -0.886. The van der Waals surface area contributed by atoms with E-state index in [1.165, 1.54) is 0 Å². The summed E-state index contributed by atoms with van der Waals surface area (Å²) in [7, 11) is 0. The van der Waals surface area contributed by atoms with Crippen molar-refractivity contribution in [3.63, 3.8) is 0 Å². The maximum absolute atomic E-state index is 10.6. The highest BCUT2D eigenvalue weighted by molar-refractivity contribution is 5.72. The third-order valence-corrected chi connectivity index (χ3v) is 1.72. The molecule has 1 unspecified atom stereocenters. The first kappa shape index (κ1) is 13.4. The summed E-state index contributed by atoms with van der Waals surface area (Å²) in [5.74, 6) is -0.886. The molecule has 0 saturated carbocycles. The standard InChI is InChI=1S/C10H21NO3/c1-5-8(9(12)13)14-7-6-11-10(2,3)4/h8,11H,5-7H2,1-4H3,(H,12,13). The van der Waals surface area contributed by atoms with E-state index in [1.807, 2.05) is 0 Å². The number of rotatable bonds is 6. The van der Waals surface area contributed by atoms with Gasteiger partial charge in [-0.15, -0.1) is 0 Å². The molecule has 84 valence electrons. The van der Waals surface area contributed by atoms with Crippen LogP contribution in [0, 0.1) is 0 Å². The van der Waals surface area contributed by atoms with Gasteiger partial charge >= 0.3 is 5.97 Å². The van der Waals surface area contributed by atoms with Crippen molar-refractivity contribution in [3.05, 3.63) is 0 Å². The number of nitrogens with one attached hydrogen (secondary N) is 1. The molecule has 0 heterocycles. The minimum absolute atomic E-state index is 0.0499. The lowest BCUT2D eigenvalue weighted by Gasteiger charge is -2.21. The molecule has 0 radical (unpaired) electrons. The molecule has 0 spiro atoms. The molecule has 4 heteroatoms. The van der Waals surface area contributed by atoms with Crippen molar-refractivity contribution in [2.75, 3.05) is 13.2 Å². The third-order valence-electron chi connectivity index (χ3n) is 1.72. The van der Waals surface area contributed by atoms with Gasteiger partial charge < -0.3 is 15.2 Å². The van der Waals surface area contributed by atoms with Gasteiger partial charge in [-0.25, -0.2) is 4.79 Å². The molecule has 0 aliphatic rings. The van der Waals surface area contributed by atoms with Gasteiger partial charge in [-0.1, -0.05) is 6.92 Å². The van der Waals surface area contributed by atoms with E-state index < -0.39 is 12.1 Å². The summed E-state index contributed by atoms with van der Waals surface area (Å²) in [4.78, 5) is 10.6. The number of carboxylic acids is 1. The van der Waals surface area contributed by atoms with Gasteiger partial charge in [0.25, 0.3) is 0 Å². The lowest BCUT2D eigenvalue weighted by Crippen LogP contribution is -2.39. The largest absolute Gasteiger partial charge is 0.479 e. The highest BCUT2D eigenvalue weighted by atomic mass is 16.5. The smallest absolute Gasteiger partial charge is 0.332 e. The van der Waals surface area contributed by atoms with Gasteiger partial charge in [0.1, 0.15) is 0 Å². The van der Waals surface area contributed by atoms with Crippen LogP contribution in [0.25, 0.3) is 0 Å². The van der Waals surface area contributed by atoms with Crippen molar-refractivity contribution in [2.45, 2.75) is 45.8 Å². The summed E-state index contributed by atoms with van der Waals surface area (Å²) in [6.07, 6.45) is -0.165. The maximum Gasteiger partial charge on any atom is 0.332 e. The Morgan fingerprint density at radius 1 is 1.50 bits per heavy atom. The molecule has 0 rings (SSSR count). The average molecular weight is 203 g/mol. The second-order valence-electron chi connectivity index (χ2n) is 4.28. The molecule has 14 heavy (non-hydrogen) atoms. The average Bonchev–Trinajstić information content (AvgIpc) is 2.01. The third kappa shape index (κ3) is 6.86. The fraction of sp³-hybridized carbons (Fsp3) is 0.900. The van der Waals surface area contributed by atoms with E-state index in [2.05, 4.69) is 26.1 Å². The molecule has 0 aliphatic heterocycles. The summed E-state index contributed by atoms with van der Waals surface area (Å²) >= 11 is 0. The summed E-state index contributed by atoms with van der Waals surface area (Å²) in [6, 6.07) is 0. The van der Waals surface area contributed by atoms with Gasteiger partial charge in [0, 0.05) is 12.1 Å². The topological polar surface area (TPSA) is 58.6 Å². The lowest BCUT2D eigenvalue weighted by atomic mass is 10.1. The normalized spacial score (nSPS) is 14.0. The van der Waals surface area contributed by atoms with Gasteiger partial charge in [-0.05, 0) is 27.2 Å². The number of hydrogen-bond acceptors (Lipinski definition) is 3. The molecule has 0 aliphatic carbocycles. The van der Waals surface area contributed by atoms with E-state index >= 15 is 0 Å². The predicted molar refractivity (Wildman–Crippen MR) is 55.4 cm³/mol. The Labute approximate surface area is 85.6 Å². The van der Waals surface area contributed by atoms with Gasteiger partial charge in [-0.2, -0.15) is 0 Å². The zero-order valence-corrected chi connectivity index (χ0v) is 9.46. The quantitative estimate of drug-likeness (QED) is 0.638. The zero-order valence-electron chi connectivity index (χ0n) is 9.46. The van der Waals surface area contributed by atoms with E-state index in [1.54, 1.807) is 6.92 Å². The Hall–Kier alpha value is -0.610. The molecular formula is C10H21NO3. The molecule has 0 bridgehead atoms. The second kappa shape index (κ2) is 5.98. The Kier molecular flexibility index (Phi) is 5.72. The van der Waals surface area contributed by atoms with Crippen molar-refractivity contribution in [2.24, 2.45) is 0 Å². The van der Waals surface area contributed by atoms with Crippen LogP contribution in [-0.4, -0.2) is 35.9 Å². The number of ether oxygens (including phenoxy) is 1. The zero-order chi connectivity index (χ0) is 11.2. The molecule has 0 saturated heterocycles. The maximum atomic E-state index is 10.6. The predicted octanol–water partition coefficient (Wildman–Crippen LogP) is 1.25. The molecular weight excluding hydrogens is 182 g/mol. The van der Waals surface area contributed by atoms with Crippen LogP contribution in [0.5, 0.6) is 0 Å². The van der Waals surface area contributed by atoms with Crippen LogP contribution in [0.4, 0.5) is 0 Å². The van der Waals surface area contributed by atoms with E-state index in [0.29, 0.717) is 19.6 Å². The van der Waals surface area contributed by atoms with Crippen LogP contribution in [0.3, 0.4) is 0 Å². The van der Waals surface area contributed by atoms with Gasteiger partial charge in [0.15, 0.2) is 6.10 Å². The fourth-order valence-electron chi connectivity index (χ4n) is 0.991. The number of aliphatic carboxylic acids is 1. The first-order valence-corrected chi connectivity index (χ1v) is 4.96. The molecule has 0 aromatic carbocycles. The number of carboxylic acid groups (broad SMARTS) is 1. The first-order valence-electron chi connectivity index (χ1n) is 4.96. The van der Waals surface area contributed by atoms with Crippen LogP contribution in [0.1, 0.15) is 34.1 Å². The van der Waals surface area contributed by atoms with Gasteiger partial charge in [-0.3, -0.25) is 0 Å². The Bertz CT molecular complexity index is 175. The number of carbonyl (C=O) groups is 1. The molecule has 1 atom stereocenters. The van der Waals surface area contributed by atoms with Crippen molar-refractivity contribution in [3.8, 4) is 0 Å². The Morgan fingerprint density at radius 3 is 2.43 bits per heavy atom. The Balaban J connectivity index is 3.58. The van der Waals surface area contributed by atoms with E-state index in [9.17, 15) is 4.79 Å².